The van der Waals surface area contributed by atoms with Gasteiger partial charge in [-0.2, -0.15) is 0 Å². The number of hydrogen-bond donors (Lipinski definition) is 1. The molecule has 86 valence electrons. The van der Waals surface area contributed by atoms with Crippen molar-refractivity contribution in [3.63, 3.8) is 0 Å². The molecule has 0 aliphatic carbocycles. The number of aromatic nitrogens is 2. The monoisotopic (exact) mass is 221 g/mol. The van der Waals surface area contributed by atoms with Crippen molar-refractivity contribution in [3.05, 3.63) is 17.5 Å². The molecule has 0 amide bonds. The Morgan fingerprint density at radius 3 is 2.94 bits per heavy atom. The number of carbonyl (C=O) groups is 1. The Kier molecular flexibility index (Phi) is 2.77. The summed E-state index contributed by atoms with van der Waals surface area (Å²) < 4.78 is 0. The number of hydrogen-bond acceptors (Lipinski definition) is 4. The van der Waals surface area contributed by atoms with Gasteiger partial charge in [0.05, 0.1) is 0 Å². The molecule has 2 rings (SSSR count). The molecule has 0 spiro atoms. The van der Waals surface area contributed by atoms with Crippen LogP contribution in [0.4, 0.5) is 5.95 Å². The predicted molar refractivity (Wildman–Crippen MR) is 59.5 cm³/mol. The molecule has 0 aromatic carbocycles. The van der Waals surface area contributed by atoms with Crippen LogP contribution >= 0.6 is 0 Å². The molecule has 1 fully saturated rings. The maximum Gasteiger partial charge on any atom is 0.326 e. The van der Waals surface area contributed by atoms with Crippen LogP contribution in [0.5, 0.6) is 0 Å². The molecule has 5 nitrogen and oxygen atoms in total. The molecule has 1 atom stereocenters. The maximum absolute atomic E-state index is 11.0. The quantitative estimate of drug-likeness (QED) is 0.811. The molecule has 0 radical (unpaired) electrons. The van der Waals surface area contributed by atoms with Crippen molar-refractivity contribution in [2.45, 2.75) is 32.7 Å². The summed E-state index contributed by atoms with van der Waals surface area (Å²) in [5.41, 5.74) is 1.93. The SMILES string of the molecule is Cc1cnc(N2CCC[C@@H]2C(=O)O)nc1C. The Hall–Kier alpha value is -1.65. The smallest absolute Gasteiger partial charge is 0.326 e. The van der Waals surface area contributed by atoms with Gasteiger partial charge in [-0.1, -0.05) is 0 Å². The van der Waals surface area contributed by atoms with Gasteiger partial charge >= 0.3 is 5.97 Å². The number of nitrogens with zero attached hydrogens (tertiary/aromatic N) is 3. The minimum absolute atomic E-state index is 0.470. The third-order valence-electron chi connectivity index (χ3n) is 3.01. The molecule has 2 heterocycles. The number of carboxylic acids is 1. The third-order valence-corrected chi connectivity index (χ3v) is 3.01. The number of aliphatic carboxylic acids is 1. The summed E-state index contributed by atoms with van der Waals surface area (Å²) in [5, 5.41) is 9.07. The van der Waals surface area contributed by atoms with E-state index in [2.05, 4.69) is 9.97 Å². The van der Waals surface area contributed by atoms with Crippen LogP contribution < -0.4 is 4.90 Å². The molecular formula is C11H15N3O2. The highest BCUT2D eigenvalue weighted by atomic mass is 16.4. The normalized spacial score (nSPS) is 20.1. The predicted octanol–water partition coefficient (Wildman–Crippen LogP) is 1.15. The van der Waals surface area contributed by atoms with Crippen LogP contribution in [-0.2, 0) is 4.79 Å². The molecule has 1 N–H and O–H groups in total. The zero-order chi connectivity index (χ0) is 11.7. The van der Waals surface area contributed by atoms with Crippen molar-refractivity contribution < 1.29 is 9.90 Å². The largest absolute Gasteiger partial charge is 0.480 e. The van der Waals surface area contributed by atoms with E-state index in [1.807, 2.05) is 13.8 Å². The van der Waals surface area contributed by atoms with Crippen molar-refractivity contribution in [2.75, 3.05) is 11.4 Å². The van der Waals surface area contributed by atoms with Crippen molar-refractivity contribution in [1.29, 1.82) is 0 Å². The van der Waals surface area contributed by atoms with E-state index in [9.17, 15) is 4.79 Å². The minimum Gasteiger partial charge on any atom is -0.480 e. The summed E-state index contributed by atoms with van der Waals surface area (Å²) in [6, 6.07) is -0.470. The molecule has 0 saturated carbocycles. The fourth-order valence-corrected chi connectivity index (χ4v) is 1.92. The lowest BCUT2D eigenvalue weighted by Gasteiger charge is -2.21. The second-order valence-corrected chi connectivity index (χ2v) is 4.13. The number of rotatable bonds is 2. The van der Waals surface area contributed by atoms with E-state index in [0.717, 1.165) is 24.2 Å². The maximum atomic E-state index is 11.0. The minimum atomic E-state index is -0.792. The van der Waals surface area contributed by atoms with Crippen LogP contribution in [0.2, 0.25) is 0 Å². The first-order chi connectivity index (χ1) is 7.59. The zero-order valence-electron chi connectivity index (χ0n) is 9.47. The van der Waals surface area contributed by atoms with Gasteiger partial charge in [-0.3, -0.25) is 0 Å². The van der Waals surface area contributed by atoms with Gasteiger partial charge in [-0.25, -0.2) is 14.8 Å². The molecule has 1 aliphatic rings. The second kappa shape index (κ2) is 4.08. The summed E-state index contributed by atoms with van der Waals surface area (Å²) in [6.07, 6.45) is 3.30. The first kappa shape index (κ1) is 10.9. The van der Waals surface area contributed by atoms with E-state index in [1.54, 1.807) is 11.1 Å². The fraction of sp³-hybridized carbons (Fsp3) is 0.545. The van der Waals surface area contributed by atoms with Crippen LogP contribution in [0.15, 0.2) is 6.20 Å². The van der Waals surface area contributed by atoms with Gasteiger partial charge in [0.2, 0.25) is 5.95 Å². The molecule has 5 heteroatoms. The first-order valence-corrected chi connectivity index (χ1v) is 5.39. The van der Waals surface area contributed by atoms with Crippen LogP contribution in [-0.4, -0.2) is 33.6 Å². The summed E-state index contributed by atoms with van der Waals surface area (Å²) >= 11 is 0. The van der Waals surface area contributed by atoms with E-state index < -0.39 is 12.0 Å². The Labute approximate surface area is 94.1 Å². The van der Waals surface area contributed by atoms with Crippen molar-refractivity contribution >= 4 is 11.9 Å². The van der Waals surface area contributed by atoms with E-state index >= 15 is 0 Å². The standard InChI is InChI=1S/C11H15N3O2/c1-7-6-12-11(13-8(7)2)14-5-3-4-9(14)10(15)16/h6,9H,3-5H2,1-2H3,(H,15,16)/t9-/m1/s1. The van der Waals surface area contributed by atoms with Crippen LogP contribution in [0.3, 0.4) is 0 Å². The molecule has 1 aromatic rings. The highest BCUT2D eigenvalue weighted by Gasteiger charge is 2.32. The van der Waals surface area contributed by atoms with Gasteiger partial charge in [0, 0.05) is 18.4 Å². The molecule has 1 aromatic heterocycles. The lowest BCUT2D eigenvalue weighted by molar-refractivity contribution is -0.138. The van der Waals surface area contributed by atoms with Gasteiger partial charge in [0.1, 0.15) is 6.04 Å². The molecular weight excluding hydrogens is 206 g/mol. The lowest BCUT2D eigenvalue weighted by Crippen LogP contribution is -2.37. The van der Waals surface area contributed by atoms with Crippen LogP contribution in [0.25, 0.3) is 0 Å². The lowest BCUT2D eigenvalue weighted by atomic mass is 10.2. The Balaban J connectivity index is 2.29. The van der Waals surface area contributed by atoms with Gasteiger partial charge in [0.25, 0.3) is 0 Å². The number of carboxylic acid groups (broad SMARTS) is 1. The van der Waals surface area contributed by atoms with Gasteiger partial charge in [-0.05, 0) is 32.3 Å². The van der Waals surface area contributed by atoms with E-state index in [1.165, 1.54) is 0 Å². The second-order valence-electron chi connectivity index (χ2n) is 4.13. The van der Waals surface area contributed by atoms with Crippen LogP contribution in [0.1, 0.15) is 24.1 Å². The van der Waals surface area contributed by atoms with Gasteiger partial charge in [-0.15, -0.1) is 0 Å². The number of aryl methyl sites for hydroxylation is 2. The highest BCUT2D eigenvalue weighted by Crippen LogP contribution is 2.22. The van der Waals surface area contributed by atoms with Crippen molar-refractivity contribution in [1.82, 2.24) is 9.97 Å². The Morgan fingerprint density at radius 1 is 1.56 bits per heavy atom. The van der Waals surface area contributed by atoms with E-state index in [4.69, 9.17) is 5.11 Å². The van der Waals surface area contributed by atoms with Gasteiger partial charge < -0.3 is 10.0 Å². The fourth-order valence-electron chi connectivity index (χ4n) is 1.92. The van der Waals surface area contributed by atoms with Crippen LogP contribution in [0, 0.1) is 13.8 Å². The highest BCUT2D eigenvalue weighted by molar-refractivity contribution is 5.78. The molecule has 1 saturated heterocycles. The molecule has 0 unspecified atom stereocenters. The topological polar surface area (TPSA) is 66.3 Å². The van der Waals surface area contributed by atoms with Gasteiger partial charge in [0.15, 0.2) is 0 Å². The van der Waals surface area contributed by atoms with E-state index in [0.29, 0.717) is 12.4 Å². The van der Waals surface area contributed by atoms with Crippen molar-refractivity contribution in [2.24, 2.45) is 0 Å². The average molecular weight is 221 g/mol. The Morgan fingerprint density at radius 2 is 2.31 bits per heavy atom. The van der Waals surface area contributed by atoms with Crippen molar-refractivity contribution in [3.8, 4) is 0 Å². The average Bonchev–Trinajstić information content (AvgIpc) is 2.71. The molecule has 16 heavy (non-hydrogen) atoms. The summed E-state index contributed by atoms with van der Waals surface area (Å²) in [5.74, 6) is -0.257. The molecule has 1 aliphatic heterocycles. The summed E-state index contributed by atoms with van der Waals surface area (Å²) in [7, 11) is 0. The summed E-state index contributed by atoms with van der Waals surface area (Å²) in [4.78, 5) is 21.4. The zero-order valence-corrected chi connectivity index (χ0v) is 9.47. The molecule has 0 bridgehead atoms. The number of anilines is 1. The first-order valence-electron chi connectivity index (χ1n) is 5.39. The Bertz CT molecular complexity index is 420. The summed E-state index contributed by atoms with van der Waals surface area (Å²) in [6.45, 7) is 4.57. The van der Waals surface area contributed by atoms with E-state index in [-0.39, 0.29) is 0 Å². The third kappa shape index (κ3) is 1.85.